The largest absolute Gasteiger partial charge is 0.387 e. The second-order valence-corrected chi connectivity index (χ2v) is 3.71. The van der Waals surface area contributed by atoms with Gasteiger partial charge in [-0.15, -0.1) is 12.6 Å². The summed E-state index contributed by atoms with van der Waals surface area (Å²) in [4.78, 5) is 1.02. The van der Waals surface area contributed by atoms with Gasteiger partial charge < -0.3 is 5.32 Å². The molecule has 1 N–H and O–H groups in total. The molecule has 1 aromatic carbocycles. The lowest BCUT2D eigenvalue weighted by molar-refractivity contribution is 0.982. The van der Waals surface area contributed by atoms with Crippen molar-refractivity contribution in [2.45, 2.75) is 17.7 Å². The lowest BCUT2D eigenvalue weighted by Gasteiger charge is -2.16. The van der Waals surface area contributed by atoms with Crippen molar-refractivity contribution in [1.82, 2.24) is 0 Å². The Hall–Kier alpha value is -0.890. The molecule has 0 aliphatic heterocycles. The van der Waals surface area contributed by atoms with Crippen molar-refractivity contribution in [2.75, 3.05) is 12.4 Å². The van der Waals surface area contributed by atoms with Crippen LogP contribution in [0.5, 0.6) is 0 Å². The highest BCUT2D eigenvalue weighted by Gasteiger charge is 2.10. The van der Waals surface area contributed by atoms with Crippen LogP contribution >= 0.6 is 12.6 Å². The molecule has 0 radical (unpaired) electrons. The van der Waals surface area contributed by atoms with Gasteiger partial charge in [0.15, 0.2) is 0 Å². The van der Waals surface area contributed by atoms with Crippen LogP contribution in [0.3, 0.4) is 0 Å². The standard InChI is InChI=1S/C11H13NS/c1-12-11-9-5-3-2-4-8(9)6-7-10(11)13/h3,5-7,12-13H,2,4H2,1H3. The fourth-order valence-electron chi connectivity index (χ4n) is 1.76. The lowest BCUT2D eigenvalue weighted by Crippen LogP contribution is -2.00. The van der Waals surface area contributed by atoms with Crippen LogP contribution in [0.4, 0.5) is 5.69 Å². The third-order valence-corrected chi connectivity index (χ3v) is 2.80. The molecule has 0 aromatic heterocycles. The van der Waals surface area contributed by atoms with Crippen LogP contribution in [0.25, 0.3) is 6.08 Å². The average Bonchev–Trinajstić information content (AvgIpc) is 2.18. The number of allylic oxidation sites excluding steroid dienone is 1. The summed E-state index contributed by atoms with van der Waals surface area (Å²) in [5.74, 6) is 0. The van der Waals surface area contributed by atoms with E-state index in [1.807, 2.05) is 7.05 Å². The SMILES string of the molecule is CNc1c(S)ccc2c1C=CCC2. The molecule has 0 amide bonds. The van der Waals surface area contributed by atoms with E-state index in [1.165, 1.54) is 11.1 Å². The first-order valence-corrected chi connectivity index (χ1v) is 4.97. The van der Waals surface area contributed by atoms with Gasteiger partial charge in [-0.3, -0.25) is 0 Å². The fraction of sp³-hybridized carbons (Fsp3) is 0.273. The van der Waals surface area contributed by atoms with Gasteiger partial charge in [0.2, 0.25) is 0 Å². The Bertz CT molecular complexity index is 355. The predicted molar refractivity (Wildman–Crippen MR) is 60.6 cm³/mol. The predicted octanol–water partition coefficient (Wildman–Crippen LogP) is 2.98. The molecule has 0 heterocycles. The molecule has 68 valence electrons. The van der Waals surface area contributed by atoms with E-state index in [0.717, 1.165) is 23.4 Å². The number of hydrogen-bond acceptors (Lipinski definition) is 2. The molecule has 13 heavy (non-hydrogen) atoms. The van der Waals surface area contributed by atoms with Crippen LogP contribution < -0.4 is 5.32 Å². The molecule has 0 spiro atoms. The number of rotatable bonds is 1. The fourth-order valence-corrected chi connectivity index (χ4v) is 2.07. The van der Waals surface area contributed by atoms with Crippen LogP contribution in [0.15, 0.2) is 23.1 Å². The zero-order chi connectivity index (χ0) is 9.26. The Morgan fingerprint density at radius 1 is 1.38 bits per heavy atom. The van der Waals surface area contributed by atoms with E-state index in [9.17, 15) is 0 Å². The zero-order valence-electron chi connectivity index (χ0n) is 7.67. The van der Waals surface area contributed by atoms with Crippen LogP contribution in [0.2, 0.25) is 0 Å². The Kier molecular flexibility index (Phi) is 2.32. The van der Waals surface area contributed by atoms with Crippen molar-refractivity contribution >= 4 is 24.4 Å². The van der Waals surface area contributed by atoms with Gasteiger partial charge in [-0.2, -0.15) is 0 Å². The summed E-state index contributed by atoms with van der Waals surface area (Å²) in [6.07, 6.45) is 6.71. The van der Waals surface area contributed by atoms with Gasteiger partial charge in [0.05, 0.1) is 5.69 Å². The first kappa shape index (κ1) is 8.70. The van der Waals surface area contributed by atoms with Crippen molar-refractivity contribution in [1.29, 1.82) is 0 Å². The number of thiol groups is 1. The van der Waals surface area contributed by atoms with Gasteiger partial charge in [0.25, 0.3) is 0 Å². The Morgan fingerprint density at radius 2 is 2.23 bits per heavy atom. The molecule has 0 fully saturated rings. The van der Waals surface area contributed by atoms with Crippen molar-refractivity contribution in [2.24, 2.45) is 0 Å². The zero-order valence-corrected chi connectivity index (χ0v) is 8.57. The molecule has 1 aliphatic rings. The first-order valence-electron chi connectivity index (χ1n) is 4.52. The normalized spacial score (nSPS) is 14.0. The molecular weight excluding hydrogens is 178 g/mol. The minimum atomic E-state index is 1.02. The van der Waals surface area contributed by atoms with Crippen LogP contribution in [-0.2, 0) is 6.42 Å². The van der Waals surface area contributed by atoms with Crippen LogP contribution in [0, 0.1) is 0 Å². The first-order chi connectivity index (χ1) is 6.33. The number of nitrogens with one attached hydrogen (secondary N) is 1. The number of aryl methyl sites for hydroxylation is 1. The van der Waals surface area contributed by atoms with Gasteiger partial charge in [-0.05, 0) is 24.5 Å². The number of fused-ring (bicyclic) bond motifs is 1. The van der Waals surface area contributed by atoms with Gasteiger partial charge in [0.1, 0.15) is 0 Å². The molecule has 1 nitrogen and oxygen atoms in total. The Morgan fingerprint density at radius 3 is 3.00 bits per heavy atom. The maximum absolute atomic E-state index is 4.42. The highest BCUT2D eigenvalue weighted by Crippen LogP contribution is 2.31. The second kappa shape index (κ2) is 3.46. The number of anilines is 1. The summed E-state index contributed by atoms with van der Waals surface area (Å²) in [5, 5.41) is 3.20. The van der Waals surface area contributed by atoms with Crippen molar-refractivity contribution in [3.05, 3.63) is 29.3 Å². The van der Waals surface area contributed by atoms with E-state index in [2.05, 4.69) is 42.2 Å². The summed E-state index contributed by atoms with van der Waals surface area (Å²) >= 11 is 4.42. The van der Waals surface area contributed by atoms with E-state index in [0.29, 0.717) is 0 Å². The van der Waals surface area contributed by atoms with Crippen molar-refractivity contribution in [3.8, 4) is 0 Å². The molecule has 1 aromatic rings. The van der Waals surface area contributed by atoms with Crippen LogP contribution in [0.1, 0.15) is 17.5 Å². The van der Waals surface area contributed by atoms with E-state index in [-0.39, 0.29) is 0 Å². The van der Waals surface area contributed by atoms with Crippen molar-refractivity contribution < 1.29 is 0 Å². The molecule has 2 heteroatoms. The molecule has 0 unspecified atom stereocenters. The minimum absolute atomic E-state index is 1.02. The number of hydrogen-bond donors (Lipinski definition) is 2. The molecule has 2 rings (SSSR count). The summed E-state index contributed by atoms with van der Waals surface area (Å²) in [5.41, 5.74) is 3.88. The third kappa shape index (κ3) is 1.46. The topological polar surface area (TPSA) is 12.0 Å². The average molecular weight is 191 g/mol. The highest BCUT2D eigenvalue weighted by atomic mass is 32.1. The second-order valence-electron chi connectivity index (χ2n) is 3.22. The van der Waals surface area contributed by atoms with Crippen molar-refractivity contribution in [3.63, 3.8) is 0 Å². The van der Waals surface area contributed by atoms with Gasteiger partial charge in [-0.25, -0.2) is 0 Å². The van der Waals surface area contributed by atoms with Crippen LogP contribution in [-0.4, -0.2) is 7.05 Å². The number of benzene rings is 1. The van der Waals surface area contributed by atoms with E-state index < -0.39 is 0 Å². The molecule has 1 aliphatic carbocycles. The summed E-state index contributed by atoms with van der Waals surface area (Å²) in [7, 11) is 1.94. The maximum Gasteiger partial charge on any atom is 0.0549 e. The van der Waals surface area contributed by atoms with Gasteiger partial charge in [-0.1, -0.05) is 18.2 Å². The summed E-state index contributed by atoms with van der Waals surface area (Å²) < 4.78 is 0. The Labute approximate surface area is 84.3 Å². The monoisotopic (exact) mass is 191 g/mol. The third-order valence-electron chi connectivity index (χ3n) is 2.43. The highest BCUT2D eigenvalue weighted by molar-refractivity contribution is 7.80. The van der Waals surface area contributed by atoms with Gasteiger partial charge >= 0.3 is 0 Å². The van der Waals surface area contributed by atoms with E-state index >= 15 is 0 Å². The van der Waals surface area contributed by atoms with E-state index in [1.54, 1.807) is 0 Å². The lowest BCUT2D eigenvalue weighted by atomic mass is 9.96. The molecule has 0 saturated heterocycles. The molecule has 0 saturated carbocycles. The summed E-state index contributed by atoms with van der Waals surface area (Å²) in [6.45, 7) is 0. The maximum atomic E-state index is 4.42. The van der Waals surface area contributed by atoms with E-state index in [4.69, 9.17) is 0 Å². The molecular formula is C11H13NS. The molecule has 0 atom stereocenters. The smallest absolute Gasteiger partial charge is 0.0549 e. The Balaban J connectivity index is 2.61. The summed E-state index contributed by atoms with van der Waals surface area (Å²) in [6, 6.07) is 4.23. The molecule has 0 bridgehead atoms. The van der Waals surface area contributed by atoms with Gasteiger partial charge in [0, 0.05) is 17.5 Å². The minimum Gasteiger partial charge on any atom is -0.387 e. The quantitative estimate of drug-likeness (QED) is 0.650.